The number of nitrogens with two attached hydrogens (primary N) is 1. The third-order valence-electron chi connectivity index (χ3n) is 3.19. The van der Waals surface area contributed by atoms with Gasteiger partial charge in [-0.2, -0.15) is 0 Å². The van der Waals surface area contributed by atoms with E-state index < -0.39 is 0 Å². The molecule has 3 N–H and O–H groups in total. The summed E-state index contributed by atoms with van der Waals surface area (Å²) in [5.41, 5.74) is 7.26. The Hall–Kier alpha value is -0.900. The molecule has 2 rings (SSSR count). The van der Waals surface area contributed by atoms with Crippen molar-refractivity contribution in [2.24, 2.45) is 5.73 Å². The van der Waals surface area contributed by atoms with Crippen molar-refractivity contribution in [2.75, 3.05) is 13.2 Å². The molecule has 0 bridgehead atoms. The Kier molecular flexibility index (Phi) is 4.98. The number of ether oxygens (including phenoxy) is 1. The van der Waals surface area contributed by atoms with Crippen molar-refractivity contribution in [2.45, 2.75) is 38.0 Å². The van der Waals surface area contributed by atoms with Crippen LogP contribution in [0.4, 0.5) is 0 Å². The Morgan fingerprint density at radius 1 is 1.35 bits per heavy atom. The topological polar surface area (TPSA) is 47.3 Å². The van der Waals surface area contributed by atoms with Crippen LogP contribution in [0.25, 0.3) is 0 Å². The number of benzene rings is 1. The highest BCUT2D eigenvalue weighted by Gasteiger charge is 2.17. The van der Waals surface area contributed by atoms with E-state index in [-0.39, 0.29) is 6.04 Å². The predicted molar refractivity (Wildman–Crippen MR) is 69.7 cm³/mol. The molecule has 2 unspecified atom stereocenters. The summed E-state index contributed by atoms with van der Waals surface area (Å²) < 4.78 is 5.64. The van der Waals surface area contributed by atoms with Gasteiger partial charge in [-0.15, -0.1) is 0 Å². The van der Waals surface area contributed by atoms with Crippen LogP contribution < -0.4 is 11.1 Å². The van der Waals surface area contributed by atoms with Crippen LogP contribution in [-0.2, 0) is 11.3 Å². The van der Waals surface area contributed by atoms with Gasteiger partial charge in [0, 0.05) is 12.1 Å². The van der Waals surface area contributed by atoms with E-state index in [0.717, 1.165) is 13.0 Å². The van der Waals surface area contributed by atoms with Crippen molar-refractivity contribution in [1.82, 2.24) is 5.32 Å². The minimum atomic E-state index is 0.148. The Balaban J connectivity index is 1.61. The van der Waals surface area contributed by atoms with Crippen LogP contribution in [0.3, 0.4) is 0 Å². The van der Waals surface area contributed by atoms with Crippen LogP contribution in [-0.4, -0.2) is 25.2 Å². The molecule has 1 fully saturated rings. The lowest BCUT2D eigenvalue weighted by atomic mass is 10.1. The second-order valence-electron chi connectivity index (χ2n) is 4.79. The smallest absolute Gasteiger partial charge is 0.0717 e. The van der Waals surface area contributed by atoms with Crippen LogP contribution in [0.2, 0.25) is 0 Å². The lowest BCUT2D eigenvalue weighted by Gasteiger charge is -2.16. The summed E-state index contributed by atoms with van der Waals surface area (Å²) in [4.78, 5) is 0. The normalized spacial score (nSPS) is 21.6. The van der Waals surface area contributed by atoms with Gasteiger partial charge in [0.2, 0.25) is 0 Å². The second-order valence-corrected chi connectivity index (χ2v) is 4.79. The molecule has 1 saturated heterocycles. The highest BCUT2D eigenvalue weighted by Crippen LogP contribution is 2.10. The van der Waals surface area contributed by atoms with E-state index in [0.29, 0.717) is 19.3 Å². The third kappa shape index (κ3) is 4.46. The van der Waals surface area contributed by atoms with E-state index in [1.165, 1.54) is 18.4 Å². The summed E-state index contributed by atoms with van der Waals surface area (Å²) in [5.74, 6) is 0. The summed E-state index contributed by atoms with van der Waals surface area (Å²) in [6.07, 6.45) is 3.56. The van der Waals surface area contributed by atoms with E-state index in [1.807, 2.05) is 18.2 Å². The highest BCUT2D eigenvalue weighted by molar-refractivity contribution is 5.13. The van der Waals surface area contributed by atoms with E-state index in [9.17, 15) is 0 Å². The maximum atomic E-state index is 6.05. The number of nitrogens with one attached hydrogen (secondary N) is 1. The molecule has 0 spiro atoms. The van der Waals surface area contributed by atoms with Gasteiger partial charge in [0.1, 0.15) is 0 Å². The Morgan fingerprint density at radius 3 is 2.88 bits per heavy atom. The van der Waals surface area contributed by atoms with Gasteiger partial charge in [-0.1, -0.05) is 30.3 Å². The van der Waals surface area contributed by atoms with Gasteiger partial charge in [-0.3, -0.25) is 0 Å². The average Bonchev–Trinajstić information content (AvgIpc) is 2.83. The van der Waals surface area contributed by atoms with Crippen LogP contribution in [0.1, 0.15) is 24.8 Å². The Labute approximate surface area is 103 Å². The standard InChI is InChI=1S/C14H22N2O/c15-13(9-14-7-4-8-16-14)11-17-10-12-5-2-1-3-6-12/h1-3,5-6,13-14,16H,4,7-11,15H2. The highest BCUT2D eigenvalue weighted by atomic mass is 16.5. The number of hydrogen-bond donors (Lipinski definition) is 2. The Bertz CT molecular complexity index is 309. The number of rotatable bonds is 6. The van der Waals surface area contributed by atoms with Crippen LogP contribution in [0, 0.1) is 0 Å². The molecule has 0 aromatic heterocycles. The van der Waals surface area contributed by atoms with Crippen molar-refractivity contribution < 1.29 is 4.74 Å². The van der Waals surface area contributed by atoms with Gasteiger partial charge in [-0.05, 0) is 31.4 Å². The Morgan fingerprint density at radius 2 is 2.18 bits per heavy atom. The van der Waals surface area contributed by atoms with Crippen LogP contribution in [0.15, 0.2) is 30.3 Å². The lowest BCUT2D eigenvalue weighted by molar-refractivity contribution is 0.104. The van der Waals surface area contributed by atoms with Crippen LogP contribution in [0.5, 0.6) is 0 Å². The minimum Gasteiger partial charge on any atom is -0.375 e. The van der Waals surface area contributed by atoms with E-state index in [2.05, 4.69) is 17.4 Å². The summed E-state index contributed by atoms with van der Waals surface area (Å²) in [6, 6.07) is 11.0. The van der Waals surface area contributed by atoms with E-state index in [1.54, 1.807) is 0 Å². The number of hydrogen-bond acceptors (Lipinski definition) is 3. The summed E-state index contributed by atoms with van der Waals surface area (Å²) in [5, 5.41) is 3.46. The fourth-order valence-corrected chi connectivity index (χ4v) is 2.29. The maximum Gasteiger partial charge on any atom is 0.0717 e. The zero-order valence-electron chi connectivity index (χ0n) is 10.3. The lowest BCUT2D eigenvalue weighted by Crippen LogP contribution is -2.34. The molecular formula is C14H22N2O. The third-order valence-corrected chi connectivity index (χ3v) is 3.19. The quantitative estimate of drug-likeness (QED) is 0.787. The average molecular weight is 234 g/mol. The molecule has 0 saturated carbocycles. The van der Waals surface area contributed by atoms with Crippen molar-refractivity contribution in [3.05, 3.63) is 35.9 Å². The van der Waals surface area contributed by atoms with E-state index in [4.69, 9.17) is 10.5 Å². The molecule has 17 heavy (non-hydrogen) atoms. The van der Waals surface area contributed by atoms with Gasteiger partial charge in [0.05, 0.1) is 13.2 Å². The fraction of sp³-hybridized carbons (Fsp3) is 0.571. The predicted octanol–water partition coefficient (Wildman–Crippen LogP) is 1.67. The molecule has 1 aromatic rings. The molecule has 0 radical (unpaired) electrons. The van der Waals surface area contributed by atoms with Crippen molar-refractivity contribution >= 4 is 0 Å². The van der Waals surface area contributed by atoms with Crippen molar-refractivity contribution in [3.63, 3.8) is 0 Å². The maximum absolute atomic E-state index is 6.05. The largest absolute Gasteiger partial charge is 0.375 e. The summed E-state index contributed by atoms with van der Waals surface area (Å²) in [6.45, 7) is 2.45. The first kappa shape index (κ1) is 12.6. The second kappa shape index (κ2) is 6.74. The van der Waals surface area contributed by atoms with Gasteiger partial charge in [0.25, 0.3) is 0 Å². The first-order chi connectivity index (χ1) is 8.34. The molecular weight excluding hydrogens is 212 g/mol. The van der Waals surface area contributed by atoms with Gasteiger partial charge in [0.15, 0.2) is 0 Å². The monoisotopic (exact) mass is 234 g/mol. The van der Waals surface area contributed by atoms with Crippen molar-refractivity contribution in [3.8, 4) is 0 Å². The first-order valence-corrected chi connectivity index (χ1v) is 6.45. The molecule has 3 heteroatoms. The molecule has 1 heterocycles. The zero-order valence-corrected chi connectivity index (χ0v) is 10.3. The molecule has 3 nitrogen and oxygen atoms in total. The molecule has 1 aromatic carbocycles. The molecule has 1 aliphatic heterocycles. The van der Waals surface area contributed by atoms with Gasteiger partial charge >= 0.3 is 0 Å². The first-order valence-electron chi connectivity index (χ1n) is 6.45. The SMILES string of the molecule is NC(COCc1ccccc1)CC1CCCN1. The van der Waals surface area contributed by atoms with E-state index >= 15 is 0 Å². The minimum absolute atomic E-state index is 0.148. The molecule has 0 aliphatic carbocycles. The van der Waals surface area contributed by atoms with Gasteiger partial charge < -0.3 is 15.8 Å². The molecule has 2 atom stereocenters. The van der Waals surface area contributed by atoms with Gasteiger partial charge in [-0.25, -0.2) is 0 Å². The molecule has 0 amide bonds. The van der Waals surface area contributed by atoms with Crippen molar-refractivity contribution in [1.29, 1.82) is 0 Å². The summed E-state index contributed by atoms with van der Waals surface area (Å²) >= 11 is 0. The fourth-order valence-electron chi connectivity index (χ4n) is 2.29. The molecule has 1 aliphatic rings. The van der Waals surface area contributed by atoms with Crippen LogP contribution >= 0.6 is 0 Å². The zero-order chi connectivity index (χ0) is 11.9. The molecule has 94 valence electrons. The summed E-state index contributed by atoms with van der Waals surface area (Å²) in [7, 11) is 0.